The first-order valence-corrected chi connectivity index (χ1v) is 5.48. The Morgan fingerprint density at radius 3 is 2.57 bits per heavy atom. The molecule has 0 aliphatic carbocycles. The Hall–Kier alpha value is -0.0300. The van der Waals surface area contributed by atoms with E-state index in [-0.39, 0.29) is 0 Å². The summed E-state index contributed by atoms with van der Waals surface area (Å²) in [5.41, 5.74) is 0. The predicted molar refractivity (Wildman–Crippen MR) is 39.6 cm³/mol. The van der Waals surface area contributed by atoms with Gasteiger partial charge in [0.15, 0.2) is 0 Å². The van der Waals surface area contributed by atoms with Gasteiger partial charge in [0, 0.05) is 0 Å². The Morgan fingerprint density at radius 2 is 2.29 bits per heavy atom. The van der Waals surface area contributed by atoms with E-state index < -0.39 is 20.4 Å². The average molecular weight is 210 g/mol. The van der Waals surface area contributed by atoms with Crippen LogP contribution in [0.4, 0.5) is 0 Å². The van der Waals surface area contributed by atoms with Crippen molar-refractivity contribution in [3.63, 3.8) is 0 Å². The second kappa shape index (κ2) is 2.32. The molecule has 1 rings (SSSR count). The van der Waals surface area contributed by atoms with Gasteiger partial charge in [0.05, 0.1) is 0 Å². The summed E-state index contributed by atoms with van der Waals surface area (Å²) in [6.07, 6.45) is 5.83. The summed E-state index contributed by atoms with van der Waals surface area (Å²) < 4.78 is 10.6. The Labute approximate surface area is 50.6 Å². The first-order chi connectivity index (χ1) is 3.39. The van der Waals surface area contributed by atoms with Crippen LogP contribution in [-0.4, -0.2) is 0 Å². The molecular formula is C4H7IN2. The molecule has 1 heterocycles. The molecule has 0 unspecified atom stereocenters. The topological polar surface area (TPSA) is 38.0 Å². The summed E-state index contributed by atoms with van der Waals surface area (Å²) in [5, 5.41) is 0. The molecule has 2 nitrogen and oxygen atoms in total. The zero-order valence-corrected chi connectivity index (χ0v) is 5.92. The van der Waals surface area contributed by atoms with Crippen molar-refractivity contribution in [3.8, 4) is 0 Å². The molecule has 7 heavy (non-hydrogen) atoms. The molecule has 0 fully saturated rings. The van der Waals surface area contributed by atoms with Gasteiger partial charge in [-0.25, -0.2) is 0 Å². The fourth-order valence-electron chi connectivity index (χ4n) is 0.321. The molecule has 0 bridgehead atoms. The van der Waals surface area contributed by atoms with E-state index in [2.05, 4.69) is 3.53 Å². The molecule has 0 aromatic rings. The first-order valence-electron chi connectivity index (χ1n) is 1.91. The van der Waals surface area contributed by atoms with Crippen LogP contribution in [0.5, 0.6) is 0 Å². The maximum atomic E-state index is 5.54. The van der Waals surface area contributed by atoms with Gasteiger partial charge in [0.1, 0.15) is 0 Å². The number of rotatable bonds is 0. The molecule has 0 amide bonds. The van der Waals surface area contributed by atoms with Crippen molar-refractivity contribution in [3.05, 3.63) is 22.4 Å². The van der Waals surface area contributed by atoms with Crippen LogP contribution < -0.4 is 7.48 Å². The predicted octanol–water partition coefficient (Wildman–Crippen LogP) is 0.912. The third kappa shape index (κ3) is 1.48. The Balaban J connectivity index is 2.49. The summed E-state index contributed by atoms with van der Waals surface area (Å²) in [5.74, 6) is 0. The van der Waals surface area contributed by atoms with Crippen molar-refractivity contribution in [2.45, 2.75) is 0 Å². The molecule has 0 aromatic heterocycles. The van der Waals surface area contributed by atoms with E-state index in [9.17, 15) is 0 Å². The van der Waals surface area contributed by atoms with Gasteiger partial charge >= 0.3 is 50.3 Å². The zero-order valence-electron chi connectivity index (χ0n) is 3.76. The van der Waals surface area contributed by atoms with E-state index in [1.54, 1.807) is 0 Å². The van der Waals surface area contributed by atoms with E-state index >= 15 is 0 Å². The number of halogens is 1. The Morgan fingerprint density at radius 1 is 1.43 bits per heavy atom. The van der Waals surface area contributed by atoms with Crippen LogP contribution >= 0.6 is 20.4 Å². The monoisotopic (exact) mass is 210 g/mol. The second-order valence-corrected chi connectivity index (χ2v) is 4.44. The minimum atomic E-state index is -1.26. The minimum absolute atomic E-state index is 1.26. The molecule has 0 saturated carbocycles. The summed E-state index contributed by atoms with van der Waals surface area (Å²) >= 11 is -1.26. The molecule has 0 radical (unpaired) electrons. The summed E-state index contributed by atoms with van der Waals surface area (Å²) in [4.78, 5) is 0. The third-order valence-corrected chi connectivity index (χ3v) is 2.87. The number of hydrogen-bond acceptors (Lipinski definition) is 2. The molecule has 0 saturated heterocycles. The SMILES string of the molecule is NI1C=CC=CN1. The van der Waals surface area contributed by atoms with Crippen molar-refractivity contribution in [2.24, 2.45) is 3.95 Å². The Kier molecular flexibility index (Phi) is 1.70. The van der Waals surface area contributed by atoms with Crippen LogP contribution in [0.3, 0.4) is 0 Å². The molecule has 1 aliphatic rings. The van der Waals surface area contributed by atoms with Crippen molar-refractivity contribution in [1.82, 2.24) is 3.53 Å². The van der Waals surface area contributed by atoms with Crippen LogP contribution in [-0.2, 0) is 0 Å². The zero-order chi connectivity index (χ0) is 5.11. The van der Waals surface area contributed by atoms with Crippen molar-refractivity contribution >= 4 is 20.4 Å². The number of allylic oxidation sites excluding steroid dienone is 2. The average Bonchev–Trinajstić information content (AvgIpc) is 1.69. The molecule has 0 spiro atoms. The fourth-order valence-corrected chi connectivity index (χ4v) is 1.84. The van der Waals surface area contributed by atoms with Gasteiger partial charge in [-0.1, -0.05) is 0 Å². The molecule has 3 N–H and O–H groups in total. The quantitative estimate of drug-likeness (QED) is 0.460. The van der Waals surface area contributed by atoms with E-state index in [0.29, 0.717) is 0 Å². The van der Waals surface area contributed by atoms with E-state index in [0.717, 1.165) is 0 Å². The van der Waals surface area contributed by atoms with Gasteiger partial charge in [0.2, 0.25) is 0 Å². The van der Waals surface area contributed by atoms with Crippen LogP contribution in [0.15, 0.2) is 22.4 Å². The van der Waals surface area contributed by atoms with Crippen LogP contribution in [0.25, 0.3) is 0 Å². The fraction of sp³-hybridized carbons (Fsp3) is 0. The van der Waals surface area contributed by atoms with E-state index in [4.69, 9.17) is 3.95 Å². The standard InChI is InChI=1S/C4H7IN2/c6-5-3-1-2-4-7-5/h1-4,7H,6H2. The number of hydrogen-bond donors (Lipinski definition) is 2. The van der Waals surface area contributed by atoms with Gasteiger partial charge in [-0.05, 0) is 0 Å². The van der Waals surface area contributed by atoms with Gasteiger partial charge in [0.25, 0.3) is 0 Å². The van der Waals surface area contributed by atoms with Gasteiger partial charge in [-0.2, -0.15) is 0 Å². The number of nitrogens with two attached hydrogens (primary N) is 1. The molecule has 3 heteroatoms. The first kappa shape index (κ1) is 5.11. The van der Waals surface area contributed by atoms with Gasteiger partial charge < -0.3 is 0 Å². The molecule has 0 atom stereocenters. The molecule has 0 aromatic carbocycles. The van der Waals surface area contributed by atoms with Gasteiger partial charge in [-0.15, -0.1) is 0 Å². The van der Waals surface area contributed by atoms with Crippen LogP contribution in [0.1, 0.15) is 0 Å². The second-order valence-electron chi connectivity index (χ2n) is 1.13. The van der Waals surface area contributed by atoms with Crippen molar-refractivity contribution < 1.29 is 0 Å². The normalized spacial score (nSPS) is 22.1. The Bertz CT molecular complexity index is 108. The summed E-state index contributed by atoms with van der Waals surface area (Å²) in [6, 6.07) is 0. The third-order valence-electron chi connectivity index (χ3n) is 0.605. The van der Waals surface area contributed by atoms with Gasteiger partial charge in [-0.3, -0.25) is 0 Å². The summed E-state index contributed by atoms with van der Waals surface area (Å²) in [6.45, 7) is 0. The van der Waals surface area contributed by atoms with Crippen LogP contribution in [0, 0.1) is 0 Å². The maximum absolute atomic E-state index is 5.54. The molecule has 1 aliphatic heterocycles. The van der Waals surface area contributed by atoms with E-state index in [1.807, 2.05) is 22.4 Å². The van der Waals surface area contributed by atoms with Crippen molar-refractivity contribution in [1.29, 1.82) is 0 Å². The van der Waals surface area contributed by atoms with E-state index in [1.165, 1.54) is 0 Å². The molecular weight excluding hydrogens is 203 g/mol. The number of nitrogens with one attached hydrogen (secondary N) is 1. The van der Waals surface area contributed by atoms with Crippen LogP contribution in [0.2, 0.25) is 0 Å². The summed E-state index contributed by atoms with van der Waals surface area (Å²) in [7, 11) is 0. The molecule has 40 valence electrons. The van der Waals surface area contributed by atoms with Crippen molar-refractivity contribution in [2.75, 3.05) is 0 Å².